The van der Waals surface area contributed by atoms with E-state index in [1.54, 1.807) is 0 Å². The molecule has 11 aromatic rings. The first-order valence-electron chi connectivity index (χ1n) is 17.3. The number of furan rings is 1. The molecule has 7 aromatic carbocycles. The van der Waals surface area contributed by atoms with Crippen molar-refractivity contribution in [2.24, 2.45) is 0 Å². The van der Waals surface area contributed by atoms with Crippen LogP contribution in [0.4, 0.5) is 0 Å². The Bertz CT molecular complexity index is 3070. The monoisotopic (exact) mass is 665 g/mol. The molecule has 52 heavy (non-hydrogen) atoms. The Morgan fingerprint density at radius 3 is 1.69 bits per heavy atom. The summed E-state index contributed by atoms with van der Waals surface area (Å²) in [4.78, 5) is 20.1. The summed E-state index contributed by atoms with van der Waals surface area (Å²) in [7, 11) is 0. The topological polar surface area (TPSA) is 69.6 Å². The number of benzene rings is 7. The molecule has 0 spiro atoms. The van der Waals surface area contributed by atoms with E-state index >= 15 is 0 Å². The van der Waals surface area contributed by atoms with E-state index in [9.17, 15) is 0 Å². The molecular weight excluding hydrogens is 639 g/mol. The van der Waals surface area contributed by atoms with Crippen LogP contribution in [0, 0.1) is 0 Å². The summed E-state index contributed by atoms with van der Waals surface area (Å²) in [6.45, 7) is 0. The summed E-state index contributed by atoms with van der Waals surface area (Å²) in [5.41, 5.74) is 8.08. The van der Waals surface area contributed by atoms with Crippen LogP contribution in [-0.2, 0) is 0 Å². The Balaban J connectivity index is 1.10. The van der Waals surface area contributed by atoms with Crippen LogP contribution in [-0.4, -0.2) is 24.5 Å². The van der Waals surface area contributed by atoms with Gasteiger partial charge in [-0.1, -0.05) is 127 Å². The zero-order valence-electron chi connectivity index (χ0n) is 27.7. The van der Waals surface area contributed by atoms with Crippen LogP contribution in [0.15, 0.2) is 168 Å². The minimum atomic E-state index is 0.499. The lowest BCUT2D eigenvalue weighted by molar-refractivity contribution is 0.654. The molecule has 4 heterocycles. The molecule has 0 bridgehead atoms. The molecule has 0 aliphatic heterocycles. The second-order valence-electron chi connectivity index (χ2n) is 13.1. The number of nitrogens with zero attached hydrogens (tertiary/aromatic N) is 5. The van der Waals surface area contributed by atoms with Gasteiger partial charge >= 0.3 is 0 Å². The molecule has 11 rings (SSSR count). The molecule has 4 aromatic heterocycles. The maximum absolute atomic E-state index is 6.49. The van der Waals surface area contributed by atoms with Gasteiger partial charge in [0.15, 0.2) is 5.82 Å². The molecule has 0 atom stereocenters. The second-order valence-corrected chi connectivity index (χ2v) is 13.1. The fourth-order valence-corrected chi connectivity index (χ4v) is 7.73. The van der Waals surface area contributed by atoms with Gasteiger partial charge < -0.3 is 4.42 Å². The average Bonchev–Trinajstić information content (AvgIpc) is 3.77. The molecule has 0 N–H and O–H groups in total. The molecule has 0 saturated heterocycles. The molecule has 0 radical (unpaired) electrons. The van der Waals surface area contributed by atoms with E-state index in [4.69, 9.17) is 24.4 Å². The largest absolute Gasteiger partial charge is 0.438 e. The van der Waals surface area contributed by atoms with Gasteiger partial charge in [-0.25, -0.2) is 15.0 Å². The summed E-state index contributed by atoms with van der Waals surface area (Å²) in [6, 6.07) is 52.6. The number of hydrogen-bond donors (Lipinski definition) is 0. The Morgan fingerprint density at radius 1 is 0.442 bits per heavy atom. The van der Waals surface area contributed by atoms with Crippen molar-refractivity contribution >= 4 is 65.4 Å². The summed E-state index contributed by atoms with van der Waals surface area (Å²) in [6.07, 6.45) is 3.63. The number of hydrogen-bond acceptors (Lipinski definition) is 5. The van der Waals surface area contributed by atoms with Crippen LogP contribution < -0.4 is 0 Å². The minimum absolute atomic E-state index is 0.499. The summed E-state index contributed by atoms with van der Waals surface area (Å²) < 4.78 is 8.66. The highest BCUT2D eigenvalue weighted by atomic mass is 16.3. The molecule has 6 heteroatoms. The minimum Gasteiger partial charge on any atom is -0.438 e. The van der Waals surface area contributed by atoms with E-state index in [0.29, 0.717) is 23.0 Å². The van der Waals surface area contributed by atoms with Gasteiger partial charge in [-0.05, 0) is 56.9 Å². The van der Waals surface area contributed by atoms with Crippen LogP contribution in [0.5, 0.6) is 0 Å². The summed E-state index contributed by atoms with van der Waals surface area (Å²) in [5, 5.41) is 9.04. The third-order valence-corrected chi connectivity index (χ3v) is 10.1. The maximum Gasteiger partial charge on any atom is 0.234 e. The van der Waals surface area contributed by atoms with E-state index in [-0.39, 0.29) is 0 Å². The zero-order chi connectivity index (χ0) is 34.2. The van der Waals surface area contributed by atoms with Crippen molar-refractivity contribution in [3.63, 3.8) is 0 Å². The Morgan fingerprint density at radius 2 is 1.04 bits per heavy atom. The van der Waals surface area contributed by atoms with Gasteiger partial charge in [-0.2, -0.15) is 4.98 Å². The Kier molecular flexibility index (Phi) is 6.15. The SMILES string of the molecule is c1ccc(-c2ccc3c(c2)oc2nc(-c4cnc(-n5c6ccc7ccccc7c6c6c7ccccc7ccc65)nc4)nc(-c4ccccc4)c23)cc1. The van der Waals surface area contributed by atoms with Gasteiger partial charge in [0, 0.05) is 34.1 Å². The first kappa shape index (κ1) is 28.6. The second kappa shape index (κ2) is 11.2. The number of aromatic nitrogens is 5. The highest BCUT2D eigenvalue weighted by Crippen LogP contribution is 2.41. The fourth-order valence-electron chi connectivity index (χ4n) is 7.73. The highest BCUT2D eigenvalue weighted by molar-refractivity contribution is 6.28. The van der Waals surface area contributed by atoms with Gasteiger partial charge in [-0.15, -0.1) is 0 Å². The standard InChI is InChI=1S/C46H27N5O/c1-3-11-28(12-4-1)32-19-22-36-39(25-32)52-45-42(36)43(31-15-5-2-6-16-31)49-44(50-45)33-26-47-46(48-27-33)51-37-23-20-29-13-7-9-17-34(29)40(37)41-35-18-10-8-14-30(35)21-24-38(41)51/h1-27H. The smallest absolute Gasteiger partial charge is 0.234 e. The van der Waals surface area contributed by atoms with E-state index in [0.717, 1.165) is 49.8 Å². The lowest BCUT2D eigenvalue weighted by Gasteiger charge is -2.09. The van der Waals surface area contributed by atoms with Crippen LogP contribution in [0.25, 0.3) is 105 Å². The maximum atomic E-state index is 6.49. The van der Waals surface area contributed by atoms with E-state index < -0.39 is 0 Å². The first-order valence-corrected chi connectivity index (χ1v) is 17.3. The molecule has 0 aliphatic carbocycles. The van der Waals surface area contributed by atoms with E-state index in [2.05, 4.69) is 120 Å². The van der Waals surface area contributed by atoms with E-state index in [1.165, 1.54) is 32.3 Å². The lowest BCUT2D eigenvalue weighted by Crippen LogP contribution is -2.02. The molecule has 0 saturated carbocycles. The van der Waals surface area contributed by atoms with Crippen LogP contribution in [0.1, 0.15) is 0 Å². The van der Waals surface area contributed by atoms with Crippen LogP contribution in [0.3, 0.4) is 0 Å². The number of fused-ring (bicyclic) bond motifs is 10. The molecule has 242 valence electrons. The summed E-state index contributed by atoms with van der Waals surface area (Å²) in [5.74, 6) is 1.08. The molecular formula is C46H27N5O. The average molecular weight is 666 g/mol. The first-order chi connectivity index (χ1) is 25.8. The third kappa shape index (κ3) is 4.31. The number of rotatable bonds is 4. The van der Waals surface area contributed by atoms with Gasteiger partial charge in [0.2, 0.25) is 11.7 Å². The van der Waals surface area contributed by atoms with Crippen molar-refractivity contribution in [3.05, 3.63) is 164 Å². The summed E-state index contributed by atoms with van der Waals surface area (Å²) >= 11 is 0. The van der Waals surface area contributed by atoms with Crippen LogP contribution in [0.2, 0.25) is 0 Å². The Hall–Kier alpha value is -7.18. The van der Waals surface area contributed by atoms with Gasteiger partial charge in [0.05, 0.1) is 27.7 Å². The molecule has 0 aliphatic rings. The van der Waals surface area contributed by atoms with Crippen molar-refractivity contribution in [3.8, 4) is 39.7 Å². The van der Waals surface area contributed by atoms with Gasteiger partial charge in [0.25, 0.3) is 0 Å². The highest BCUT2D eigenvalue weighted by Gasteiger charge is 2.21. The van der Waals surface area contributed by atoms with Crippen molar-refractivity contribution in [1.29, 1.82) is 0 Å². The van der Waals surface area contributed by atoms with Crippen molar-refractivity contribution in [1.82, 2.24) is 24.5 Å². The quantitative estimate of drug-likeness (QED) is 0.187. The van der Waals surface area contributed by atoms with Gasteiger partial charge in [0.1, 0.15) is 5.58 Å². The van der Waals surface area contributed by atoms with Crippen LogP contribution >= 0.6 is 0 Å². The Labute approximate surface area is 297 Å². The lowest BCUT2D eigenvalue weighted by atomic mass is 10.00. The van der Waals surface area contributed by atoms with Crippen molar-refractivity contribution in [2.75, 3.05) is 0 Å². The third-order valence-electron chi connectivity index (χ3n) is 10.1. The van der Waals surface area contributed by atoms with Crippen molar-refractivity contribution in [2.45, 2.75) is 0 Å². The predicted molar refractivity (Wildman–Crippen MR) is 211 cm³/mol. The molecule has 0 amide bonds. The van der Waals surface area contributed by atoms with Gasteiger partial charge in [-0.3, -0.25) is 4.57 Å². The molecule has 6 nitrogen and oxygen atoms in total. The normalized spacial score (nSPS) is 11.8. The zero-order valence-corrected chi connectivity index (χ0v) is 27.7. The fraction of sp³-hybridized carbons (Fsp3) is 0. The van der Waals surface area contributed by atoms with E-state index in [1.807, 2.05) is 48.8 Å². The molecule has 0 unspecified atom stereocenters. The predicted octanol–water partition coefficient (Wildman–Crippen LogP) is 11.6. The molecule has 0 fully saturated rings. The van der Waals surface area contributed by atoms with Crippen molar-refractivity contribution < 1.29 is 4.42 Å².